The molecule has 1 aliphatic rings. The van der Waals surface area contributed by atoms with Crippen LogP contribution in [0.5, 0.6) is 0 Å². The van der Waals surface area contributed by atoms with E-state index in [0.717, 1.165) is 16.7 Å². The van der Waals surface area contributed by atoms with Crippen LogP contribution in [-0.2, 0) is 10.2 Å². The van der Waals surface area contributed by atoms with Crippen LogP contribution in [0.15, 0.2) is 53.1 Å². The lowest BCUT2D eigenvalue weighted by Crippen LogP contribution is -2.51. The highest BCUT2D eigenvalue weighted by molar-refractivity contribution is 5.71. The Balaban J connectivity index is 1.45. The van der Waals surface area contributed by atoms with E-state index in [-0.39, 0.29) is 17.4 Å². The number of carboxylic acids is 1. The van der Waals surface area contributed by atoms with Crippen molar-refractivity contribution in [1.29, 1.82) is 0 Å². The number of aromatic nitrogens is 2. The fraction of sp³-hybridized carbons (Fsp3) is 0.375. The largest absolute Gasteiger partial charge is 0.481 e. The summed E-state index contributed by atoms with van der Waals surface area (Å²) < 4.78 is 5.48. The third-order valence-corrected chi connectivity index (χ3v) is 5.88. The van der Waals surface area contributed by atoms with Crippen LogP contribution in [0.3, 0.4) is 0 Å². The molecule has 3 aromatic rings. The molecule has 2 heterocycles. The van der Waals surface area contributed by atoms with Gasteiger partial charge in [-0.05, 0) is 35.6 Å². The van der Waals surface area contributed by atoms with E-state index in [1.165, 1.54) is 5.56 Å². The van der Waals surface area contributed by atoms with Crippen molar-refractivity contribution in [2.45, 2.75) is 39.2 Å². The third-order valence-electron chi connectivity index (χ3n) is 5.88. The molecule has 0 aliphatic carbocycles. The quantitative estimate of drug-likeness (QED) is 0.658. The number of hydrogen-bond donors (Lipinski definition) is 1. The zero-order valence-electron chi connectivity index (χ0n) is 17.8. The molecule has 0 spiro atoms. The van der Waals surface area contributed by atoms with Crippen LogP contribution in [0.2, 0.25) is 0 Å². The van der Waals surface area contributed by atoms with E-state index in [4.69, 9.17) is 9.63 Å². The van der Waals surface area contributed by atoms with Gasteiger partial charge in [0.1, 0.15) is 0 Å². The molecule has 1 aromatic heterocycles. The Morgan fingerprint density at radius 3 is 2.23 bits per heavy atom. The van der Waals surface area contributed by atoms with Crippen molar-refractivity contribution < 1.29 is 14.4 Å². The lowest BCUT2D eigenvalue weighted by Gasteiger charge is -2.41. The maximum absolute atomic E-state index is 11.0. The molecular weight excluding hydrogens is 378 g/mol. The lowest BCUT2D eigenvalue weighted by atomic mass is 9.87. The molecule has 2 aromatic carbocycles. The average molecular weight is 405 g/mol. The van der Waals surface area contributed by atoms with E-state index < -0.39 is 5.97 Å². The molecule has 1 aliphatic heterocycles. The van der Waals surface area contributed by atoms with Crippen LogP contribution in [0.1, 0.15) is 44.9 Å². The Kier molecular flexibility index (Phi) is 5.20. The van der Waals surface area contributed by atoms with Crippen LogP contribution in [0, 0.1) is 5.92 Å². The van der Waals surface area contributed by atoms with Crippen LogP contribution in [0.25, 0.3) is 22.8 Å². The summed E-state index contributed by atoms with van der Waals surface area (Å²) in [6.45, 7) is 9.85. The summed E-state index contributed by atoms with van der Waals surface area (Å²) in [6.07, 6.45) is 0. The van der Waals surface area contributed by atoms with Crippen LogP contribution < -0.4 is 0 Å². The van der Waals surface area contributed by atoms with Gasteiger partial charge in [0.05, 0.1) is 5.92 Å². The number of aliphatic carboxylic acids is 1. The summed E-state index contributed by atoms with van der Waals surface area (Å²) in [7, 11) is 0. The number of carboxylic acid groups (broad SMARTS) is 1. The summed E-state index contributed by atoms with van der Waals surface area (Å²) in [5.74, 6) is 0.0962. The zero-order valence-corrected chi connectivity index (χ0v) is 17.8. The standard InChI is InChI=1S/C24H27N3O3/c1-15(27-13-19(14-27)23(28)29)16-5-7-17(8-6-16)21-25-22(30-26-21)18-9-11-20(12-10-18)24(2,3)4/h5-12,15,19H,13-14H2,1-4H3,(H,28,29). The molecule has 6 heteroatoms. The second-order valence-corrected chi connectivity index (χ2v) is 9.04. The van der Waals surface area contributed by atoms with Crippen molar-refractivity contribution in [3.8, 4) is 22.8 Å². The van der Waals surface area contributed by atoms with Gasteiger partial charge >= 0.3 is 5.97 Å². The van der Waals surface area contributed by atoms with Crippen molar-refractivity contribution in [1.82, 2.24) is 15.0 Å². The number of carbonyl (C=O) groups is 1. The normalized spacial score (nSPS) is 16.3. The van der Waals surface area contributed by atoms with Crippen molar-refractivity contribution in [3.05, 3.63) is 59.7 Å². The highest BCUT2D eigenvalue weighted by atomic mass is 16.5. The molecule has 0 bridgehead atoms. The first-order valence-electron chi connectivity index (χ1n) is 10.2. The molecule has 30 heavy (non-hydrogen) atoms. The van der Waals surface area contributed by atoms with E-state index in [2.05, 4.69) is 54.9 Å². The molecule has 0 radical (unpaired) electrons. The van der Waals surface area contributed by atoms with Gasteiger partial charge in [-0.2, -0.15) is 4.98 Å². The summed E-state index contributed by atoms with van der Waals surface area (Å²) in [5.41, 5.74) is 4.29. The Morgan fingerprint density at radius 1 is 1.07 bits per heavy atom. The number of hydrogen-bond acceptors (Lipinski definition) is 5. The number of nitrogens with zero attached hydrogens (tertiary/aromatic N) is 3. The molecule has 0 amide bonds. The van der Waals surface area contributed by atoms with Gasteiger partial charge in [0.15, 0.2) is 0 Å². The summed E-state index contributed by atoms with van der Waals surface area (Å²) in [6, 6.07) is 16.5. The molecule has 4 rings (SSSR count). The molecule has 1 atom stereocenters. The zero-order chi connectivity index (χ0) is 21.5. The maximum atomic E-state index is 11.0. The molecule has 1 unspecified atom stereocenters. The van der Waals surface area contributed by atoms with Crippen molar-refractivity contribution in [2.24, 2.45) is 5.92 Å². The van der Waals surface area contributed by atoms with E-state index >= 15 is 0 Å². The first-order valence-corrected chi connectivity index (χ1v) is 10.2. The minimum atomic E-state index is -0.713. The monoisotopic (exact) mass is 405 g/mol. The van der Waals surface area contributed by atoms with E-state index in [0.29, 0.717) is 24.8 Å². The van der Waals surface area contributed by atoms with Crippen molar-refractivity contribution in [2.75, 3.05) is 13.1 Å². The lowest BCUT2D eigenvalue weighted by molar-refractivity contribution is -0.148. The number of rotatable bonds is 5. The molecule has 0 saturated carbocycles. The molecule has 1 N–H and O–H groups in total. The van der Waals surface area contributed by atoms with Gasteiger partial charge in [-0.1, -0.05) is 62.3 Å². The fourth-order valence-corrected chi connectivity index (χ4v) is 3.68. The van der Waals surface area contributed by atoms with Gasteiger partial charge in [0.25, 0.3) is 5.89 Å². The van der Waals surface area contributed by atoms with Crippen LogP contribution in [-0.4, -0.2) is 39.2 Å². The Bertz CT molecular complexity index is 1030. The van der Waals surface area contributed by atoms with E-state index in [9.17, 15) is 4.79 Å². The molecule has 1 fully saturated rings. The van der Waals surface area contributed by atoms with Crippen LogP contribution in [0.4, 0.5) is 0 Å². The predicted molar refractivity (Wildman–Crippen MR) is 115 cm³/mol. The van der Waals surface area contributed by atoms with E-state index in [1.54, 1.807) is 0 Å². The third kappa shape index (κ3) is 4.00. The second kappa shape index (κ2) is 7.69. The average Bonchev–Trinajstić information content (AvgIpc) is 3.16. The second-order valence-electron chi connectivity index (χ2n) is 9.04. The maximum Gasteiger partial charge on any atom is 0.309 e. The molecule has 6 nitrogen and oxygen atoms in total. The van der Waals surface area contributed by atoms with E-state index in [1.807, 2.05) is 36.4 Å². The smallest absolute Gasteiger partial charge is 0.309 e. The SMILES string of the molecule is CC(c1ccc(-c2noc(-c3ccc(C(C)(C)C)cc3)n2)cc1)N1CC(C(=O)O)C1. The predicted octanol–water partition coefficient (Wildman–Crippen LogP) is 4.78. The first-order chi connectivity index (χ1) is 14.2. The van der Waals surface area contributed by atoms with Gasteiger partial charge in [-0.25, -0.2) is 0 Å². The Hall–Kier alpha value is -2.99. The molecule has 1 saturated heterocycles. The fourth-order valence-electron chi connectivity index (χ4n) is 3.68. The van der Waals surface area contributed by atoms with Gasteiger partial charge in [-0.3, -0.25) is 9.69 Å². The molecular formula is C24H27N3O3. The van der Waals surface area contributed by atoms with Crippen molar-refractivity contribution in [3.63, 3.8) is 0 Å². The summed E-state index contributed by atoms with van der Waals surface area (Å²) in [5, 5.41) is 13.2. The van der Waals surface area contributed by atoms with Gasteiger partial charge in [0.2, 0.25) is 5.82 Å². The molecule has 156 valence electrons. The van der Waals surface area contributed by atoms with Crippen molar-refractivity contribution >= 4 is 5.97 Å². The topological polar surface area (TPSA) is 79.5 Å². The number of likely N-dealkylation sites (tertiary alicyclic amines) is 1. The minimum Gasteiger partial charge on any atom is -0.481 e. The highest BCUT2D eigenvalue weighted by Gasteiger charge is 2.35. The van der Waals surface area contributed by atoms with Gasteiger partial charge < -0.3 is 9.63 Å². The number of benzene rings is 2. The highest BCUT2D eigenvalue weighted by Crippen LogP contribution is 2.30. The van der Waals surface area contributed by atoms with Crippen LogP contribution >= 0.6 is 0 Å². The summed E-state index contributed by atoms with van der Waals surface area (Å²) in [4.78, 5) is 17.7. The Morgan fingerprint density at radius 2 is 1.67 bits per heavy atom. The summed E-state index contributed by atoms with van der Waals surface area (Å²) >= 11 is 0. The Labute approximate surface area is 176 Å². The van der Waals surface area contributed by atoms with Gasteiger partial charge in [-0.15, -0.1) is 0 Å². The van der Waals surface area contributed by atoms with Gasteiger partial charge in [0, 0.05) is 30.3 Å². The first kappa shape index (κ1) is 20.3. The minimum absolute atomic E-state index is 0.0992.